The van der Waals surface area contributed by atoms with Crippen molar-refractivity contribution >= 4 is 11.8 Å². The summed E-state index contributed by atoms with van der Waals surface area (Å²) in [4.78, 5) is 25.5. The molecule has 2 atom stereocenters. The van der Waals surface area contributed by atoms with Gasteiger partial charge in [0.25, 0.3) is 0 Å². The molecule has 2 unspecified atom stereocenters. The second-order valence-electron chi connectivity index (χ2n) is 5.89. The third-order valence-corrected chi connectivity index (χ3v) is 4.70. The lowest BCUT2D eigenvalue weighted by molar-refractivity contribution is -0.144. The molecular formula is C13H23N3O2. The van der Waals surface area contributed by atoms with Crippen LogP contribution in [0.25, 0.3) is 0 Å². The maximum absolute atomic E-state index is 12.5. The Labute approximate surface area is 108 Å². The average molecular weight is 253 g/mol. The van der Waals surface area contributed by atoms with Gasteiger partial charge in [0.1, 0.15) is 0 Å². The van der Waals surface area contributed by atoms with Crippen molar-refractivity contribution in [3.63, 3.8) is 0 Å². The van der Waals surface area contributed by atoms with Crippen LogP contribution < -0.4 is 11.5 Å². The minimum absolute atomic E-state index is 0.0288. The average Bonchev–Trinajstić information content (AvgIpc) is 2.70. The topological polar surface area (TPSA) is 89.4 Å². The fourth-order valence-corrected chi connectivity index (χ4v) is 3.19. The highest BCUT2D eigenvalue weighted by Gasteiger charge is 2.45. The SMILES string of the molecule is CC1(C(=O)N2CCC(C(N)=O)CC2)CCCC1N. The Kier molecular flexibility index (Phi) is 3.61. The van der Waals surface area contributed by atoms with Crippen LogP contribution in [0.1, 0.15) is 39.0 Å². The number of primary amides is 1. The van der Waals surface area contributed by atoms with E-state index in [-0.39, 0.29) is 23.8 Å². The molecule has 2 amide bonds. The molecule has 2 aliphatic rings. The van der Waals surface area contributed by atoms with Crippen molar-refractivity contribution in [3.05, 3.63) is 0 Å². The van der Waals surface area contributed by atoms with Crippen LogP contribution >= 0.6 is 0 Å². The van der Waals surface area contributed by atoms with Gasteiger partial charge in [-0.1, -0.05) is 6.42 Å². The first-order valence-corrected chi connectivity index (χ1v) is 6.79. The van der Waals surface area contributed by atoms with E-state index >= 15 is 0 Å². The smallest absolute Gasteiger partial charge is 0.230 e. The summed E-state index contributed by atoms with van der Waals surface area (Å²) in [5.74, 6) is -0.152. The lowest BCUT2D eigenvalue weighted by atomic mass is 9.82. The third-order valence-electron chi connectivity index (χ3n) is 4.70. The van der Waals surface area contributed by atoms with Gasteiger partial charge in [0, 0.05) is 25.0 Å². The van der Waals surface area contributed by atoms with E-state index in [0.717, 1.165) is 19.3 Å². The van der Waals surface area contributed by atoms with Crippen molar-refractivity contribution in [1.29, 1.82) is 0 Å². The molecule has 5 nitrogen and oxygen atoms in total. The number of rotatable bonds is 2. The van der Waals surface area contributed by atoms with Crippen LogP contribution in [0.15, 0.2) is 0 Å². The summed E-state index contributed by atoms with van der Waals surface area (Å²) in [5.41, 5.74) is 11.0. The lowest BCUT2D eigenvalue weighted by Gasteiger charge is -2.38. The van der Waals surface area contributed by atoms with Gasteiger partial charge in [-0.05, 0) is 32.6 Å². The number of carbonyl (C=O) groups excluding carboxylic acids is 2. The van der Waals surface area contributed by atoms with E-state index in [9.17, 15) is 9.59 Å². The van der Waals surface area contributed by atoms with E-state index in [1.807, 2.05) is 11.8 Å². The number of likely N-dealkylation sites (tertiary alicyclic amines) is 1. The summed E-state index contributed by atoms with van der Waals surface area (Å²) >= 11 is 0. The zero-order valence-corrected chi connectivity index (χ0v) is 11.0. The molecule has 102 valence electrons. The molecule has 2 fully saturated rings. The van der Waals surface area contributed by atoms with Gasteiger partial charge < -0.3 is 16.4 Å². The number of hydrogen-bond donors (Lipinski definition) is 2. The van der Waals surface area contributed by atoms with Gasteiger partial charge in [-0.3, -0.25) is 9.59 Å². The van der Waals surface area contributed by atoms with Gasteiger partial charge in [-0.2, -0.15) is 0 Å². The lowest BCUT2D eigenvalue weighted by Crippen LogP contribution is -2.52. The van der Waals surface area contributed by atoms with Crippen LogP contribution in [0.2, 0.25) is 0 Å². The first-order valence-electron chi connectivity index (χ1n) is 6.79. The standard InChI is InChI=1S/C13H23N3O2/c1-13(6-2-3-10(13)14)12(18)16-7-4-9(5-8-16)11(15)17/h9-10H,2-8,14H2,1H3,(H2,15,17). The maximum Gasteiger partial charge on any atom is 0.230 e. The highest BCUT2D eigenvalue weighted by Crippen LogP contribution is 2.39. The molecule has 1 saturated carbocycles. The number of carbonyl (C=O) groups is 2. The first kappa shape index (κ1) is 13.3. The van der Waals surface area contributed by atoms with Crippen LogP contribution in [0.4, 0.5) is 0 Å². The molecule has 18 heavy (non-hydrogen) atoms. The molecule has 4 N–H and O–H groups in total. The maximum atomic E-state index is 12.5. The van der Waals surface area contributed by atoms with E-state index in [4.69, 9.17) is 11.5 Å². The quantitative estimate of drug-likeness (QED) is 0.738. The van der Waals surface area contributed by atoms with Gasteiger partial charge in [0.05, 0.1) is 5.41 Å². The Morgan fingerprint density at radius 3 is 2.28 bits per heavy atom. The summed E-state index contributed by atoms with van der Waals surface area (Å²) < 4.78 is 0. The van der Waals surface area contributed by atoms with Gasteiger partial charge in [-0.25, -0.2) is 0 Å². The van der Waals surface area contributed by atoms with Crippen molar-refractivity contribution in [2.24, 2.45) is 22.8 Å². The Morgan fingerprint density at radius 2 is 1.83 bits per heavy atom. The van der Waals surface area contributed by atoms with Crippen LogP contribution in [0.3, 0.4) is 0 Å². The first-order chi connectivity index (χ1) is 8.45. The molecule has 1 aliphatic heterocycles. The van der Waals surface area contributed by atoms with Crippen molar-refractivity contribution < 1.29 is 9.59 Å². The molecule has 0 spiro atoms. The van der Waals surface area contributed by atoms with Gasteiger partial charge in [-0.15, -0.1) is 0 Å². The number of amides is 2. The van der Waals surface area contributed by atoms with Crippen LogP contribution in [0, 0.1) is 11.3 Å². The van der Waals surface area contributed by atoms with E-state index < -0.39 is 5.41 Å². The van der Waals surface area contributed by atoms with Gasteiger partial charge in [0.15, 0.2) is 0 Å². The zero-order chi connectivity index (χ0) is 13.3. The zero-order valence-electron chi connectivity index (χ0n) is 11.0. The van der Waals surface area contributed by atoms with Gasteiger partial charge in [0.2, 0.25) is 11.8 Å². The van der Waals surface area contributed by atoms with Crippen molar-refractivity contribution in [1.82, 2.24) is 4.90 Å². The summed E-state index contributed by atoms with van der Waals surface area (Å²) in [6, 6.07) is -0.0288. The second-order valence-corrected chi connectivity index (χ2v) is 5.89. The Hall–Kier alpha value is -1.10. The van der Waals surface area contributed by atoms with E-state index in [0.29, 0.717) is 25.9 Å². The van der Waals surface area contributed by atoms with Crippen LogP contribution in [-0.4, -0.2) is 35.8 Å². The third kappa shape index (κ3) is 2.23. The molecular weight excluding hydrogens is 230 g/mol. The van der Waals surface area contributed by atoms with Crippen molar-refractivity contribution in [2.45, 2.75) is 45.1 Å². The summed E-state index contributed by atoms with van der Waals surface area (Å²) in [7, 11) is 0. The van der Waals surface area contributed by atoms with E-state index in [2.05, 4.69) is 0 Å². The Balaban J connectivity index is 1.97. The molecule has 1 heterocycles. The molecule has 2 rings (SSSR count). The number of nitrogens with two attached hydrogens (primary N) is 2. The highest BCUT2D eigenvalue weighted by molar-refractivity contribution is 5.84. The molecule has 0 radical (unpaired) electrons. The molecule has 0 aromatic rings. The predicted octanol–water partition coefficient (Wildman–Crippen LogP) is 0.228. The molecule has 0 aromatic carbocycles. The highest BCUT2D eigenvalue weighted by atomic mass is 16.2. The van der Waals surface area contributed by atoms with E-state index in [1.54, 1.807) is 0 Å². The predicted molar refractivity (Wildman–Crippen MR) is 68.4 cm³/mol. The Bertz CT molecular complexity index is 350. The van der Waals surface area contributed by atoms with Crippen molar-refractivity contribution in [2.75, 3.05) is 13.1 Å². The summed E-state index contributed by atoms with van der Waals surface area (Å²) in [5, 5.41) is 0. The Morgan fingerprint density at radius 1 is 1.22 bits per heavy atom. The van der Waals surface area contributed by atoms with Gasteiger partial charge >= 0.3 is 0 Å². The number of hydrogen-bond acceptors (Lipinski definition) is 3. The molecule has 5 heteroatoms. The number of piperidine rings is 1. The normalized spacial score (nSPS) is 33.7. The molecule has 0 bridgehead atoms. The minimum Gasteiger partial charge on any atom is -0.369 e. The van der Waals surface area contributed by atoms with Crippen molar-refractivity contribution in [3.8, 4) is 0 Å². The fourth-order valence-electron chi connectivity index (χ4n) is 3.19. The fraction of sp³-hybridized carbons (Fsp3) is 0.846. The van der Waals surface area contributed by atoms with Crippen LogP contribution in [0.5, 0.6) is 0 Å². The summed E-state index contributed by atoms with van der Waals surface area (Å²) in [6.45, 7) is 3.25. The molecule has 0 aromatic heterocycles. The molecule has 1 saturated heterocycles. The monoisotopic (exact) mass is 253 g/mol. The van der Waals surface area contributed by atoms with E-state index in [1.165, 1.54) is 0 Å². The number of nitrogens with zero attached hydrogens (tertiary/aromatic N) is 1. The minimum atomic E-state index is -0.403. The largest absolute Gasteiger partial charge is 0.369 e. The molecule has 1 aliphatic carbocycles. The second kappa shape index (κ2) is 4.88. The van der Waals surface area contributed by atoms with Crippen LogP contribution in [-0.2, 0) is 9.59 Å². The summed E-state index contributed by atoms with van der Waals surface area (Å²) in [6.07, 6.45) is 4.21.